The number of hydrogen-bond donors (Lipinski definition) is 0. The predicted molar refractivity (Wildman–Crippen MR) is 58.6 cm³/mol. The molecule has 0 unspecified atom stereocenters. The average Bonchev–Trinajstić information content (AvgIpc) is 2.77. The number of nitrogens with zero attached hydrogens (tertiary/aromatic N) is 2. The molecule has 0 bridgehead atoms. The van der Waals surface area contributed by atoms with Gasteiger partial charge in [0.15, 0.2) is 6.73 Å². The zero-order valence-electron chi connectivity index (χ0n) is 8.67. The summed E-state index contributed by atoms with van der Waals surface area (Å²) in [6.07, 6.45) is 1.49. The molecule has 0 aliphatic carbocycles. The maximum Gasteiger partial charge on any atom is 0.180 e. The van der Waals surface area contributed by atoms with Gasteiger partial charge in [-0.3, -0.25) is 0 Å². The molecule has 1 aromatic carbocycles. The van der Waals surface area contributed by atoms with Crippen molar-refractivity contribution in [1.82, 2.24) is 9.78 Å². The van der Waals surface area contributed by atoms with Crippen LogP contribution >= 0.6 is 11.6 Å². The van der Waals surface area contributed by atoms with E-state index in [1.54, 1.807) is 24.3 Å². The van der Waals surface area contributed by atoms with Crippen LogP contribution in [0.25, 0.3) is 0 Å². The minimum Gasteiger partial charge on any atom is -0.543 e. The zero-order valence-corrected chi connectivity index (χ0v) is 9.42. The quantitative estimate of drug-likeness (QED) is 0.811. The van der Waals surface area contributed by atoms with E-state index in [4.69, 9.17) is 16.3 Å². The molecular formula is C11H8ClN2O3-. The highest BCUT2D eigenvalue weighted by atomic mass is 35.5. The number of aromatic carboxylic acids is 1. The minimum absolute atomic E-state index is 0.0804. The SMILES string of the molecule is O=C([O-])c1ccn(COc2ccccc2Cl)n1. The highest BCUT2D eigenvalue weighted by molar-refractivity contribution is 6.32. The van der Waals surface area contributed by atoms with Crippen LogP contribution < -0.4 is 9.84 Å². The molecule has 0 aliphatic heterocycles. The largest absolute Gasteiger partial charge is 0.543 e. The summed E-state index contributed by atoms with van der Waals surface area (Å²) in [5.41, 5.74) is -0.132. The summed E-state index contributed by atoms with van der Waals surface area (Å²) in [6.45, 7) is 0.0804. The van der Waals surface area contributed by atoms with Gasteiger partial charge in [-0.15, -0.1) is 0 Å². The molecule has 1 aromatic heterocycles. The van der Waals surface area contributed by atoms with Gasteiger partial charge in [0.1, 0.15) is 11.4 Å². The lowest BCUT2D eigenvalue weighted by atomic mass is 10.3. The highest BCUT2D eigenvalue weighted by Crippen LogP contribution is 2.23. The molecule has 17 heavy (non-hydrogen) atoms. The number of carbonyl (C=O) groups excluding carboxylic acids is 1. The third-order valence-corrected chi connectivity index (χ3v) is 2.35. The van der Waals surface area contributed by atoms with Crippen LogP contribution in [0.2, 0.25) is 5.02 Å². The monoisotopic (exact) mass is 251 g/mol. The van der Waals surface area contributed by atoms with E-state index in [1.807, 2.05) is 0 Å². The first-order valence-corrected chi connectivity index (χ1v) is 5.17. The maximum absolute atomic E-state index is 10.5. The molecule has 0 N–H and O–H groups in total. The fourth-order valence-corrected chi connectivity index (χ4v) is 1.43. The summed E-state index contributed by atoms with van der Waals surface area (Å²) in [5, 5.41) is 14.7. The first-order valence-electron chi connectivity index (χ1n) is 4.79. The molecule has 0 atom stereocenters. The summed E-state index contributed by atoms with van der Waals surface area (Å²) in [4.78, 5) is 10.5. The molecule has 1 heterocycles. The molecule has 0 amide bonds. The molecule has 0 fully saturated rings. The van der Waals surface area contributed by atoms with E-state index in [1.165, 1.54) is 16.9 Å². The fraction of sp³-hybridized carbons (Fsp3) is 0.0909. The Kier molecular flexibility index (Phi) is 3.30. The molecule has 0 aliphatic rings. The summed E-state index contributed by atoms with van der Waals surface area (Å²) < 4.78 is 6.71. The van der Waals surface area contributed by atoms with Crippen LogP contribution in [0, 0.1) is 0 Å². The van der Waals surface area contributed by atoms with Crippen LogP contribution in [0.15, 0.2) is 36.5 Å². The van der Waals surface area contributed by atoms with Gasteiger partial charge in [0.05, 0.1) is 11.0 Å². The number of hydrogen-bond acceptors (Lipinski definition) is 4. The van der Waals surface area contributed by atoms with E-state index in [2.05, 4.69) is 5.10 Å². The topological polar surface area (TPSA) is 67.2 Å². The van der Waals surface area contributed by atoms with E-state index >= 15 is 0 Å². The van der Waals surface area contributed by atoms with E-state index in [0.29, 0.717) is 10.8 Å². The molecule has 6 heteroatoms. The second-order valence-corrected chi connectivity index (χ2v) is 3.64. The first-order chi connectivity index (χ1) is 8.16. The molecule has 0 saturated carbocycles. The number of para-hydroxylation sites is 1. The number of ether oxygens (including phenoxy) is 1. The van der Waals surface area contributed by atoms with Gasteiger partial charge in [-0.1, -0.05) is 23.7 Å². The number of rotatable bonds is 4. The molecule has 2 aromatic rings. The number of carboxylic acids is 1. The number of halogens is 1. The lowest BCUT2D eigenvalue weighted by Crippen LogP contribution is -2.23. The summed E-state index contributed by atoms with van der Waals surface area (Å²) >= 11 is 5.89. The summed E-state index contributed by atoms with van der Waals surface area (Å²) in [6, 6.07) is 8.33. The normalized spacial score (nSPS) is 10.2. The van der Waals surface area contributed by atoms with Crippen molar-refractivity contribution >= 4 is 17.6 Å². The van der Waals surface area contributed by atoms with Crippen molar-refractivity contribution in [2.45, 2.75) is 6.73 Å². The van der Waals surface area contributed by atoms with E-state index in [0.717, 1.165) is 0 Å². The molecular weight excluding hydrogens is 244 g/mol. The Morgan fingerprint density at radius 2 is 2.18 bits per heavy atom. The number of aromatic nitrogens is 2. The van der Waals surface area contributed by atoms with E-state index in [9.17, 15) is 9.90 Å². The van der Waals surface area contributed by atoms with Crippen LogP contribution in [0.5, 0.6) is 5.75 Å². The second kappa shape index (κ2) is 4.88. The van der Waals surface area contributed by atoms with Gasteiger partial charge >= 0.3 is 0 Å². The van der Waals surface area contributed by atoms with Crippen LogP contribution in [-0.2, 0) is 6.73 Å². The van der Waals surface area contributed by atoms with Crippen LogP contribution in [-0.4, -0.2) is 15.7 Å². The summed E-state index contributed by atoms with van der Waals surface area (Å²) in [5.74, 6) is -0.804. The number of carboxylic acid groups (broad SMARTS) is 1. The van der Waals surface area contributed by atoms with Crippen molar-refractivity contribution in [3.63, 3.8) is 0 Å². The van der Waals surface area contributed by atoms with Crippen LogP contribution in [0.3, 0.4) is 0 Å². The molecule has 0 spiro atoms. The lowest BCUT2D eigenvalue weighted by molar-refractivity contribution is -0.255. The van der Waals surface area contributed by atoms with Gasteiger partial charge in [-0.05, 0) is 18.2 Å². The van der Waals surface area contributed by atoms with Gasteiger partial charge in [0, 0.05) is 6.20 Å². The van der Waals surface area contributed by atoms with Gasteiger partial charge in [-0.2, -0.15) is 5.10 Å². The Hall–Kier alpha value is -2.01. The fourth-order valence-electron chi connectivity index (χ4n) is 1.24. The summed E-state index contributed by atoms with van der Waals surface area (Å²) in [7, 11) is 0. The average molecular weight is 252 g/mol. The molecule has 0 radical (unpaired) electrons. The highest BCUT2D eigenvalue weighted by Gasteiger charge is 2.02. The number of benzene rings is 1. The maximum atomic E-state index is 10.5. The zero-order chi connectivity index (χ0) is 12.3. The van der Waals surface area contributed by atoms with Gasteiger partial charge in [-0.25, -0.2) is 4.68 Å². The Morgan fingerprint density at radius 3 is 2.82 bits per heavy atom. The van der Waals surface area contributed by atoms with Crippen molar-refractivity contribution in [3.8, 4) is 5.75 Å². The van der Waals surface area contributed by atoms with Gasteiger partial charge < -0.3 is 14.6 Å². The smallest absolute Gasteiger partial charge is 0.180 e. The van der Waals surface area contributed by atoms with Crippen LogP contribution in [0.4, 0.5) is 0 Å². The third-order valence-electron chi connectivity index (χ3n) is 2.04. The molecule has 5 nitrogen and oxygen atoms in total. The Morgan fingerprint density at radius 1 is 1.41 bits per heavy atom. The van der Waals surface area contributed by atoms with Crippen molar-refractivity contribution in [3.05, 3.63) is 47.2 Å². The Labute approximate surface area is 102 Å². The standard InChI is InChI=1S/C11H9ClN2O3/c12-8-3-1-2-4-10(8)17-7-14-6-5-9(13-14)11(15)16/h1-6H,7H2,(H,15,16)/p-1. The van der Waals surface area contributed by atoms with Crippen molar-refractivity contribution < 1.29 is 14.6 Å². The first kappa shape index (κ1) is 11.5. The van der Waals surface area contributed by atoms with E-state index in [-0.39, 0.29) is 12.4 Å². The van der Waals surface area contributed by atoms with Gasteiger partial charge in [0.25, 0.3) is 0 Å². The Bertz CT molecular complexity index is 539. The second-order valence-electron chi connectivity index (χ2n) is 3.23. The molecule has 2 rings (SSSR count). The van der Waals surface area contributed by atoms with Crippen molar-refractivity contribution in [2.75, 3.05) is 0 Å². The van der Waals surface area contributed by atoms with Gasteiger partial charge in [0.2, 0.25) is 0 Å². The van der Waals surface area contributed by atoms with E-state index < -0.39 is 5.97 Å². The lowest BCUT2D eigenvalue weighted by Gasteiger charge is -2.07. The Balaban J connectivity index is 2.02. The predicted octanol–water partition coefficient (Wildman–Crippen LogP) is 0.936. The minimum atomic E-state index is -1.32. The molecule has 88 valence electrons. The van der Waals surface area contributed by atoms with Crippen molar-refractivity contribution in [1.29, 1.82) is 0 Å². The molecule has 0 saturated heterocycles. The van der Waals surface area contributed by atoms with Crippen LogP contribution in [0.1, 0.15) is 10.5 Å². The third kappa shape index (κ3) is 2.76. The van der Waals surface area contributed by atoms with Crippen molar-refractivity contribution in [2.24, 2.45) is 0 Å². The number of carbonyl (C=O) groups is 1.